The third-order valence-electron chi connectivity index (χ3n) is 5.93. The zero-order chi connectivity index (χ0) is 26.4. The van der Waals surface area contributed by atoms with E-state index in [1.165, 1.54) is 17.0 Å². The van der Waals surface area contributed by atoms with Crippen LogP contribution >= 0.6 is 0 Å². The Morgan fingerprint density at radius 1 is 1.05 bits per heavy atom. The molecule has 3 amide bonds. The Balaban J connectivity index is 1.59. The number of hydrogen-bond acceptors (Lipinski definition) is 5. The molecule has 2 unspecified atom stereocenters. The molecule has 37 heavy (non-hydrogen) atoms. The lowest BCUT2D eigenvalue weighted by Crippen LogP contribution is -2.46. The topological polar surface area (TPSA) is 101 Å². The minimum Gasteiger partial charge on any atom is -0.438 e. The number of carbonyl (C=O) groups is 3. The molecule has 9 heteroatoms. The van der Waals surface area contributed by atoms with E-state index in [1.54, 1.807) is 60.9 Å². The lowest BCUT2D eigenvalue weighted by atomic mass is 10.00. The molecule has 1 aliphatic rings. The fraction of sp³-hybridized carbons (Fsp3) is 0.286. The first-order valence-electron chi connectivity index (χ1n) is 12.1. The average molecular weight is 505 g/mol. The molecule has 0 aliphatic carbocycles. The van der Waals surface area contributed by atoms with Crippen LogP contribution < -0.4 is 10.6 Å². The smallest absolute Gasteiger partial charge is 0.411 e. The highest BCUT2D eigenvalue weighted by Gasteiger charge is 2.47. The Labute approximate surface area is 214 Å². The van der Waals surface area contributed by atoms with Crippen molar-refractivity contribution >= 4 is 23.6 Å². The van der Waals surface area contributed by atoms with Gasteiger partial charge in [-0.05, 0) is 59.0 Å². The molecule has 1 fully saturated rings. The van der Waals surface area contributed by atoms with E-state index in [2.05, 4.69) is 15.6 Å². The molecule has 0 radical (unpaired) electrons. The highest BCUT2D eigenvalue weighted by molar-refractivity contribution is 5.91. The van der Waals surface area contributed by atoms with Gasteiger partial charge in [0.25, 0.3) is 0 Å². The first kappa shape index (κ1) is 25.8. The van der Waals surface area contributed by atoms with Crippen LogP contribution in [0.4, 0.5) is 14.9 Å². The Hall–Kier alpha value is -4.27. The second-order valence-corrected chi connectivity index (χ2v) is 9.35. The van der Waals surface area contributed by atoms with E-state index >= 15 is 0 Å². The van der Waals surface area contributed by atoms with Gasteiger partial charge in [0.1, 0.15) is 5.82 Å². The van der Waals surface area contributed by atoms with Crippen LogP contribution in [0.15, 0.2) is 73.1 Å². The van der Waals surface area contributed by atoms with E-state index < -0.39 is 30.0 Å². The molecule has 3 aromatic rings. The van der Waals surface area contributed by atoms with Gasteiger partial charge in [-0.2, -0.15) is 0 Å². The molecule has 1 aromatic heterocycles. The molecule has 8 nitrogen and oxygen atoms in total. The highest BCUT2D eigenvalue weighted by atomic mass is 19.1. The van der Waals surface area contributed by atoms with Crippen LogP contribution in [0.25, 0.3) is 0 Å². The number of aromatic nitrogens is 1. The lowest BCUT2D eigenvalue weighted by molar-refractivity contribution is -0.126. The fourth-order valence-electron chi connectivity index (χ4n) is 4.17. The van der Waals surface area contributed by atoms with Crippen LogP contribution in [0, 0.1) is 11.7 Å². The van der Waals surface area contributed by atoms with E-state index in [4.69, 9.17) is 4.74 Å². The number of pyridine rings is 1. The molecule has 4 rings (SSSR count). The molecular weight excluding hydrogens is 475 g/mol. The molecular formula is C28H29FN4O4. The molecule has 1 aliphatic heterocycles. The van der Waals surface area contributed by atoms with Gasteiger partial charge in [0.05, 0.1) is 6.54 Å². The summed E-state index contributed by atoms with van der Waals surface area (Å²) in [4.78, 5) is 44.0. The second-order valence-electron chi connectivity index (χ2n) is 9.35. The average Bonchev–Trinajstić information content (AvgIpc) is 3.20. The van der Waals surface area contributed by atoms with Crippen molar-refractivity contribution in [2.75, 3.05) is 5.32 Å². The monoisotopic (exact) mass is 504 g/mol. The van der Waals surface area contributed by atoms with Gasteiger partial charge in [-0.25, -0.2) is 9.18 Å². The largest absolute Gasteiger partial charge is 0.438 e. The molecule has 2 N–H and O–H groups in total. The summed E-state index contributed by atoms with van der Waals surface area (Å²) in [5, 5.41) is 5.74. The Kier molecular flexibility index (Phi) is 8.12. The second kappa shape index (κ2) is 11.6. The summed E-state index contributed by atoms with van der Waals surface area (Å²) in [5.41, 5.74) is 2.62. The summed E-state index contributed by atoms with van der Waals surface area (Å²) in [6.07, 6.45) is 2.06. The Morgan fingerprint density at radius 2 is 1.78 bits per heavy atom. The summed E-state index contributed by atoms with van der Waals surface area (Å²) >= 11 is 0. The minimum absolute atomic E-state index is 0.0633. The molecule has 0 bridgehead atoms. The molecule has 2 heterocycles. The number of carbonyl (C=O) groups excluding carboxylic acids is 3. The van der Waals surface area contributed by atoms with Crippen molar-refractivity contribution in [2.24, 2.45) is 5.92 Å². The lowest BCUT2D eigenvalue weighted by Gasteiger charge is -2.24. The van der Waals surface area contributed by atoms with Crippen LogP contribution in [-0.4, -0.2) is 33.8 Å². The third-order valence-corrected chi connectivity index (χ3v) is 5.93. The van der Waals surface area contributed by atoms with Crippen molar-refractivity contribution in [3.05, 3.63) is 95.6 Å². The number of benzene rings is 2. The van der Waals surface area contributed by atoms with Crippen LogP contribution in [0.3, 0.4) is 0 Å². The summed E-state index contributed by atoms with van der Waals surface area (Å²) in [5.74, 6) is -0.717. The standard InChI is InChI=1S/C28H29FN4O4/c1-18(2)14-24(34)32-23-5-3-4-21(15-23)26-25(27(35)31-16-19-10-12-30-13-11-19)33(28(36)37-26)17-20-6-8-22(29)9-7-20/h3-13,15,18,25-26H,14,16-17H2,1-2H3,(H,31,35)(H,32,34). The Bertz CT molecular complexity index is 1250. The van der Waals surface area contributed by atoms with Crippen LogP contribution in [0.2, 0.25) is 0 Å². The van der Waals surface area contributed by atoms with E-state index in [0.29, 0.717) is 23.2 Å². The zero-order valence-corrected chi connectivity index (χ0v) is 20.7. The van der Waals surface area contributed by atoms with Gasteiger partial charge in [0, 0.05) is 31.0 Å². The Morgan fingerprint density at radius 3 is 2.49 bits per heavy atom. The summed E-state index contributed by atoms with van der Waals surface area (Å²) < 4.78 is 19.1. The first-order chi connectivity index (χ1) is 17.8. The van der Waals surface area contributed by atoms with E-state index in [0.717, 1.165) is 5.56 Å². The number of cyclic esters (lactones) is 1. The van der Waals surface area contributed by atoms with Crippen LogP contribution in [0.5, 0.6) is 0 Å². The van der Waals surface area contributed by atoms with Crippen molar-refractivity contribution in [1.82, 2.24) is 15.2 Å². The van der Waals surface area contributed by atoms with Gasteiger partial charge < -0.3 is 15.4 Å². The van der Waals surface area contributed by atoms with Crippen molar-refractivity contribution in [3.8, 4) is 0 Å². The van der Waals surface area contributed by atoms with E-state index in [-0.39, 0.29) is 24.9 Å². The number of hydrogen-bond donors (Lipinski definition) is 2. The van der Waals surface area contributed by atoms with E-state index in [9.17, 15) is 18.8 Å². The van der Waals surface area contributed by atoms with Gasteiger partial charge in [-0.1, -0.05) is 38.1 Å². The maximum atomic E-state index is 13.5. The molecule has 2 atom stereocenters. The first-order valence-corrected chi connectivity index (χ1v) is 12.1. The number of amides is 3. The minimum atomic E-state index is -0.985. The van der Waals surface area contributed by atoms with Gasteiger partial charge in [-0.3, -0.25) is 19.5 Å². The highest BCUT2D eigenvalue weighted by Crippen LogP contribution is 2.35. The van der Waals surface area contributed by atoms with Crippen LogP contribution in [-0.2, 0) is 27.4 Å². The number of halogens is 1. The molecule has 0 spiro atoms. The number of nitrogens with one attached hydrogen (secondary N) is 2. The SMILES string of the molecule is CC(C)CC(=O)Nc1cccc(C2OC(=O)N(Cc3ccc(F)cc3)C2C(=O)NCc2ccncc2)c1. The zero-order valence-electron chi connectivity index (χ0n) is 20.7. The predicted molar refractivity (Wildman–Crippen MR) is 136 cm³/mol. The molecule has 1 saturated heterocycles. The maximum Gasteiger partial charge on any atom is 0.411 e. The number of ether oxygens (including phenoxy) is 1. The van der Waals surface area contributed by atoms with Crippen molar-refractivity contribution < 1.29 is 23.5 Å². The van der Waals surface area contributed by atoms with Gasteiger partial charge in [-0.15, -0.1) is 0 Å². The van der Waals surface area contributed by atoms with Gasteiger partial charge >= 0.3 is 6.09 Å². The maximum absolute atomic E-state index is 13.5. The fourth-order valence-corrected chi connectivity index (χ4v) is 4.17. The number of anilines is 1. The van der Waals surface area contributed by atoms with Gasteiger partial charge in [0.15, 0.2) is 12.1 Å². The van der Waals surface area contributed by atoms with Crippen LogP contribution in [0.1, 0.15) is 43.1 Å². The summed E-state index contributed by atoms with van der Waals surface area (Å²) in [7, 11) is 0. The summed E-state index contributed by atoms with van der Waals surface area (Å²) in [6.45, 7) is 4.22. The predicted octanol–water partition coefficient (Wildman–Crippen LogP) is 4.58. The third kappa shape index (κ3) is 6.69. The summed E-state index contributed by atoms with van der Waals surface area (Å²) in [6, 6.07) is 15.3. The molecule has 192 valence electrons. The van der Waals surface area contributed by atoms with Gasteiger partial charge in [0.2, 0.25) is 11.8 Å². The molecule has 2 aromatic carbocycles. The van der Waals surface area contributed by atoms with E-state index in [1.807, 2.05) is 13.8 Å². The number of nitrogens with zero attached hydrogens (tertiary/aromatic N) is 2. The quantitative estimate of drug-likeness (QED) is 0.444. The molecule has 0 saturated carbocycles. The number of rotatable bonds is 9. The van der Waals surface area contributed by atoms with Crippen molar-refractivity contribution in [3.63, 3.8) is 0 Å². The normalized spacial score (nSPS) is 17.0. The van der Waals surface area contributed by atoms with Crippen molar-refractivity contribution in [1.29, 1.82) is 0 Å². The van der Waals surface area contributed by atoms with Crippen molar-refractivity contribution in [2.45, 2.75) is 45.5 Å².